The molecule has 4 aromatic rings. The fraction of sp³-hybridized carbons (Fsp3) is 0.0556. The molecule has 0 spiro atoms. The van der Waals surface area contributed by atoms with Crippen molar-refractivity contribution in [2.24, 2.45) is 0 Å². The van der Waals surface area contributed by atoms with E-state index in [1.807, 2.05) is 60.0 Å². The average Bonchev–Trinajstić information content (AvgIpc) is 3.22. The van der Waals surface area contributed by atoms with Crippen molar-refractivity contribution in [3.05, 3.63) is 70.8 Å². The number of pyridine rings is 1. The lowest BCUT2D eigenvalue weighted by molar-refractivity contribution is 0.103. The predicted molar refractivity (Wildman–Crippen MR) is 95.9 cm³/mol. The molecule has 0 fully saturated rings. The quantitative estimate of drug-likeness (QED) is 0.615. The van der Waals surface area contributed by atoms with Gasteiger partial charge in [0.1, 0.15) is 12.1 Å². The lowest BCUT2D eigenvalue weighted by Gasteiger charge is -2.06. The Morgan fingerprint density at radius 3 is 2.71 bits per heavy atom. The Hall–Kier alpha value is -2.99. The van der Waals surface area contributed by atoms with E-state index in [1.165, 1.54) is 11.3 Å². The maximum atomic E-state index is 12.2. The predicted octanol–water partition coefficient (Wildman–Crippen LogP) is 4.04. The van der Waals surface area contributed by atoms with Gasteiger partial charge < -0.3 is 5.32 Å². The van der Waals surface area contributed by atoms with Crippen molar-refractivity contribution in [2.75, 3.05) is 5.32 Å². The highest BCUT2D eigenvalue weighted by molar-refractivity contribution is 7.14. The molecule has 0 aliphatic rings. The van der Waals surface area contributed by atoms with Crippen LogP contribution in [0.1, 0.15) is 14.5 Å². The summed E-state index contributed by atoms with van der Waals surface area (Å²) in [6, 6.07) is 15.4. The number of aromatic nitrogens is 3. The van der Waals surface area contributed by atoms with Gasteiger partial charge >= 0.3 is 0 Å². The third kappa shape index (κ3) is 2.68. The number of nitrogens with one attached hydrogen (secondary N) is 1. The monoisotopic (exact) mass is 334 g/mol. The maximum absolute atomic E-state index is 12.2. The van der Waals surface area contributed by atoms with Crippen LogP contribution in [-0.4, -0.2) is 20.4 Å². The molecule has 0 saturated carbocycles. The van der Waals surface area contributed by atoms with Gasteiger partial charge in [0.15, 0.2) is 0 Å². The smallest absolute Gasteiger partial charge is 0.265 e. The van der Waals surface area contributed by atoms with Gasteiger partial charge in [-0.25, -0.2) is 9.97 Å². The SMILES string of the molecule is Cc1ccc(C(=O)Nc2ccc(-n3cnc4ccccc43)nc2)s1. The number of hydrogen-bond donors (Lipinski definition) is 1. The first-order valence-corrected chi connectivity index (χ1v) is 8.29. The number of benzene rings is 1. The number of carbonyl (C=O) groups excluding carboxylic acids is 1. The molecule has 3 aromatic heterocycles. The second-order valence-electron chi connectivity index (χ2n) is 5.37. The fourth-order valence-corrected chi connectivity index (χ4v) is 3.26. The number of para-hydroxylation sites is 2. The molecule has 0 saturated heterocycles. The van der Waals surface area contributed by atoms with Crippen molar-refractivity contribution in [1.82, 2.24) is 14.5 Å². The minimum atomic E-state index is -0.115. The standard InChI is InChI=1S/C18H14N4OS/c1-12-6-8-16(24-12)18(23)21-13-7-9-17(19-10-13)22-11-20-14-4-2-3-5-15(14)22/h2-11H,1H3,(H,21,23). The van der Waals surface area contributed by atoms with Gasteiger partial charge in [-0.1, -0.05) is 12.1 Å². The fourth-order valence-electron chi connectivity index (χ4n) is 2.49. The summed E-state index contributed by atoms with van der Waals surface area (Å²) < 4.78 is 1.92. The van der Waals surface area contributed by atoms with E-state index in [2.05, 4.69) is 15.3 Å². The van der Waals surface area contributed by atoms with E-state index < -0.39 is 0 Å². The summed E-state index contributed by atoms with van der Waals surface area (Å²) in [6.07, 6.45) is 3.40. The minimum Gasteiger partial charge on any atom is -0.320 e. The first-order chi connectivity index (χ1) is 11.7. The van der Waals surface area contributed by atoms with E-state index in [4.69, 9.17) is 0 Å². The molecule has 0 aliphatic carbocycles. The van der Waals surface area contributed by atoms with Crippen LogP contribution in [0.25, 0.3) is 16.9 Å². The lowest BCUT2D eigenvalue weighted by atomic mass is 10.3. The van der Waals surface area contributed by atoms with Crippen molar-refractivity contribution in [3.8, 4) is 5.82 Å². The molecule has 6 heteroatoms. The summed E-state index contributed by atoms with van der Waals surface area (Å²) in [5.41, 5.74) is 2.58. The van der Waals surface area contributed by atoms with Crippen LogP contribution >= 0.6 is 11.3 Å². The Morgan fingerprint density at radius 2 is 1.96 bits per heavy atom. The van der Waals surface area contributed by atoms with E-state index >= 15 is 0 Å². The largest absolute Gasteiger partial charge is 0.320 e. The van der Waals surface area contributed by atoms with Crippen LogP contribution in [0.2, 0.25) is 0 Å². The molecule has 0 unspecified atom stereocenters. The van der Waals surface area contributed by atoms with E-state index in [0.29, 0.717) is 10.6 Å². The van der Waals surface area contributed by atoms with Gasteiger partial charge in [-0.05, 0) is 43.3 Å². The first kappa shape index (κ1) is 14.6. The molecule has 0 atom stereocenters. The minimum absolute atomic E-state index is 0.115. The summed E-state index contributed by atoms with van der Waals surface area (Å²) >= 11 is 1.47. The number of carbonyl (C=O) groups is 1. The van der Waals surface area contributed by atoms with Crippen molar-refractivity contribution in [1.29, 1.82) is 0 Å². The third-order valence-electron chi connectivity index (χ3n) is 3.67. The van der Waals surface area contributed by atoms with Crippen LogP contribution in [-0.2, 0) is 0 Å². The number of rotatable bonds is 3. The molecule has 1 aromatic carbocycles. The molecule has 0 bridgehead atoms. The number of hydrogen-bond acceptors (Lipinski definition) is 4. The molecular weight excluding hydrogens is 320 g/mol. The number of fused-ring (bicyclic) bond motifs is 1. The molecule has 0 aliphatic heterocycles. The van der Waals surface area contributed by atoms with E-state index in [9.17, 15) is 4.79 Å². The van der Waals surface area contributed by atoms with Crippen LogP contribution in [0.3, 0.4) is 0 Å². The summed E-state index contributed by atoms with van der Waals surface area (Å²) in [5, 5.41) is 2.87. The maximum Gasteiger partial charge on any atom is 0.265 e. The second-order valence-corrected chi connectivity index (χ2v) is 6.66. The zero-order chi connectivity index (χ0) is 16.5. The van der Waals surface area contributed by atoms with Crippen LogP contribution in [0.5, 0.6) is 0 Å². The number of amides is 1. The van der Waals surface area contributed by atoms with Gasteiger partial charge in [0.2, 0.25) is 0 Å². The molecular formula is C18H14N4OS. The number of imidazole rings is 1. The lowest BCUT2D eigenvalue weighted by Crippen LogP contribution is -2.10. The Labute approximate surface area is 142 Å². The normalized spacial score (nSPS) is 10.9. The third-order valence-corrected chi connectivity index (χ3v) is 4.67. The van der Waals surface area contributed by atoms with E-state index in [0.717, 1.165) is 21.7 Å². The number of nitrogens with zero attached hydrogens (tertiary/aromatic N) is 3. The zero-order valence-electron chi connectivity index (χ0n) is 12.9. The summed E-state index contributed by atoms with van der Waals surface area (Å²) in [6.45, 7) is 1.98. The van der Waals surface area contributed by atoms with Crippen LogP contribution in [0.4, 0.5) is 5.69 Å². The highest BCUT2D eigenvalue weighted by Crippen LogP contribution is 2.19. The van der Waals surface area contributed by atoms with Gasteiger partial charge in [0.05, 0.1) is 27.8 Å². The second kappa shape index (κ2) is 5.90. The van der Waals surface area contributed by atoms with Crippen LogP contribution < -0.4 is 5.32 Å². The van der Waals surface area contributed by atoms with E-state index in [1.54, 1.807) is 12.5 Å². The van der Waals surface area contributed by atoms with Crippen molar-refractivity contribution in [2.45, 2.75) is 6.92 Å². The summed E-state index contributed by atoms with van der Waals surface area (Å²) in [4.78, 5) is 22.8. The van der Waals surface area contributed by atoms with Gasteiger partial charge in [0.25, 0.3) is 5.91 Å². The van der Waals surface area contributed by atoms with Gasteiger partial charge in [0, 0.05) is 4.88 Å². The Morgan fingerprint density at radius 1 is 1.08 bits per heavy atom. The van der Waals surface area contributed by atoms with Crippen molar-refractivity contribution < 1.29 is 4.79 Å². The molecule has 1 amide bonds. The molecule has 24 heavy (non-hydrogen) atoms. The topological polar surface area (TPSA) is 59.8 Å². The van der Waals surface area contributed by atoms with Crippen LogP contribution in [0, 0.1) is 6.92 Å². The highest BCUT2D eigenvalue weighted by Gasteiger charge is 2.09. The first-order valence-electron chi connectivity index (χ1n) is 7.47. The molecule has 3 heterocycles. The molecule has 4 rings (SSSR count). The average molecular weight is 334 g/mol. The number of aryl methyl sites for hydroxylation is 1. The number of anilines is 1. The molecule has 118 valence electrons. The zero-order valence-corrected chi connectivity index (χ0v) is 13.7. The van der Waals surface area contributed by atoms with Crippen LogP contribution in [0.15, 0.2) is 61.1 Å². The highest BCUT2D eigenvalue weighted by atomic mass is 32.1. The van der Waals surface area contributed by atoms with Crippen molar-refractivity contribution >= 4 is 34.0 Å². The summed E-state index contributed by atoms with van der Waals surface area (Å²) in [5.74, 6) is 0.643. The van der Waals surface area contributed by atoms with Crippen molar-refractivity contribution in [3.63, 3.8) is 0 Å². The Bertz CT molecular complexity index is 1020. The Balaban J connectivity index is 1.57. The Kier molecular flexibility index (Phi) is 3.59. The number of thiophene rings is 1. The van der Waals surface area contributed by atoms with Gasteiger partial charge in [-0.3, -0.25) is 9.36 Å². The van der Waals surface area contributed by atoms with Gasteiger partial charge in [-0.2, -0.15) is 0 Å². The molecule has 1 N–H and O–H groups in total. The van der Waals surface area contributed by atoms with E-state index in [-0.39, 0.29) is 5.91 Å². The summed E-state index contributed by atoms with van der Waals surface area (Å²) in [7, 11) is 0. The van der Waals surface area contributed by atoms with Gasteiger partial charge in [-0.15, -0.1) is 11.3 Å². The molecule has 5 nitrogen and oxygen atoms in total. The molecule has 0 radical (unpaired) electrons.